The van der Waals surface area contributed by atoms with Gasteiger partial charge in [-0.05, 0) is 34.7 Å². The second-order valence-electron chi connectivity index (χ2n) is 1.72. The Hall–Kier alpha value is -0.390. The van der Waals surface area contributed by atoms with Crippen molar-refractivity contribution in [1.82, 2.24) is 0 Å². The van der Waals surface area contributed by atoms with Crippen LogP contribution < -0.4 is 0 Å². The first-order valence-electron chi connectivity index (χ1n) is 2.45. The van der Waals surface area contributed by atoms with Crippen LogP contribution in [0.5, 0.6) is 5.75 Å². The fourth-order valence-electron chi connectivity index (χ4n) is 0.535. The van der Waals surface area contributed by atoms with Crippen LogP contribution >= 0.6 is 22.6 Å². The third kappa shape index (κ3) is 1.36. The monoisotopic (exact) mass is 256 g/mol. The second-order valence-corrected chi connectivity index (χ2v) is 2.96. The minimum absolute atomic E-state index is 0.422. The van der Waals surface area contributed by atoms with E-state index in [9.17, 15) is 8.78 Å². The maximum atomic E-state index is 12.3. The van der Waals surface area contributed by atoms with Gasteiger partial charge in [0, 0.05) is 3.57 Å². The molecule has 54 valence electrons. The number of aromatic hydroxyl groups is 1. The second kappa shape index (κ2) is 2.69. The summed E-state index contributed by atoms with van der Waals surface area (Å²) in [5.74, 6) is -2.77. The number of benzene rings is 1. The van der Waals surface area contributed by atoms with E-state index in [0.29, 0.717) is 3.57 Å². The molecule has 1 nitrogen and oxygen atoms in total. The SMILES string of the molecule is Oc1c(F)cc(I)cc1F. The van der Waals surface area contributed by atoms with Gasteiger partial charge < -0.3 is 5.11 Å². The summed E-state index contributed by atoms with van der Waals surface area (Å²) in [7, 11) is 0. The maximum absolute atomic E-state index is 12.3. The van der Waals surface area contributed by atoms with E-state index in [2.05, 4.69) is 0 Å². The smallest absolute Gasteiger partial charge is 0.187 e. The van der Waals surface area contributed by atoms with Crippen molar-refractivity contribution in [3.8, 4) is 5.75 Å². The Morgan fingerprint density at radius 1 is 1.20 bits per heavy atom. The zero-order valence-electron chi connectivity index (χ0n) is 4.74. The van der Waals surface area contributed by atoms with E-state index >= 15 is 0 Å². The average Bonchev–Trinajstić information content (AvgIpc) is 1.82. The molecule has 1 N–H and O–H groups in total. The first-order valence-corrected chi connectivity index (χ1v) is 3.52. The number of hydrogen-bond donors (Lipinski definition) is 1. The van der Waals surface area contributed by atoms with Gasteiger partial charge in [0.1, 0.15) is 0 Å². The van der Waals surface area contributed by atoms with E-state index in [1.165, 1.54) is 0 Å². The Labute approximate surface area is 69.8 Å². The van der Waals surface area contributed by atoms with Crippen molar-refractivity contribution in [3.63, 3.8) is 0 Å². The molecular weight excluding hydrogens is 253 g/mol. The maximum Gasteiger partial charge on any atom is 0.187 e. The number of rotatable bonds is 0. The fraction of sp³-hybridized carbons (Fsp3) is 0. The molecule has 4 heteroatoms. The van der Waals surface area contributed by atoms with Crippen LogP contribution in [0.25, 0.3) is 0 Å². The molecule has 1 aromatic rings. The van der Waals surface area contributed by atoms with Gasteiger partial charge in [-0.3, -0.25) is 0 Å². The third-order valence-corrected chi connectivity index (χ3v) is 1.60. The lowest BCUT2D eigenvalue weighted by atomic mass is 10.3. The van der Waals surface area contributed by atoms with Gasteiger partial charge in [0.25, 0.3) is 0 Å². The molecule has 1 rings (SSSR count). The highest BCUT2D eigenvalue weighted by Crippen LogP contribution is 2.21. The lowest BCUT2D eigenvalue weighted by Crippen LogP contribution is -1.83. The zero-order valence-corrected chi connectivity index (χ0v) is 6.89. The standard InChI is InChI=1S/C6H3F2IO/c7-4-1-3(9)2-5(8)6(4)10/h1-2,10H. The Kier molecular flexibility index (Phi) is 2.08. The summed E-state index contributed by atoms with van der Waals surface area (Å²) in [6.07, 6.45) is 0. The van der Waals surface area contributed by atoms with Crippen LogP contribution in [0.2, 0.25) is 0 Å². The van der Waals surface area contributed by atoms with E-state index in [-0.39, 0.29) is 0 Å². The molecule has 0 bridgehead atoms. The Morgan fingerprint density at radius 3 is 2.00 bits per heavy atom. The lowest BCUT2D eigenvalue weighted by Gasteiger charge is -1.96. The first-order chi connectivity index (χ1) is 4.61. The van der Waals surface area contributed by atoms with Crippen molar-refractivity contribution in [2.24, 2.45) is 0 Å². The van der Waals surface area contributed by atoms with E-state index in [1.807, 2.05) is 0 Å². The van der Waals surface area contributed by atoms with Crippen LogP contribution in [-0.4, -0.2) is 5.11 Å². The van der Waals surface area contributed by atoms with Gasteiger partial charge in [-0.25, -0.2) is 8.78 Å². The predicted octanol–water partition coefficient (Wildman–Crippen LogP) is 2.28. The van der Waals surface area contributed by atoms with Gasteiger partial charge in [-0.1, -0.05) is 0 Å². The summed E-state index contributed by atoms with van der Waals surface area (Å²) in [4.78, 5) is 0. The molecule has 0 aliphatic rings. The van der Waals surface area contributed by atoms with Gasteiger partial charge in [0.05, 0.1) is 0 Å². The largest absolute Gasteiger partial charge is 0.503 e. The highest BCUT2D eigenvalue weighted by atomic mass is 127. The van der Waals surface area contributed by atoms with Crippen molar-refractivity contribution < 1.29 is 13.9 Å². The quantitative estimate of drug-likeness (QED) is 0.706. The normalized spacial score (nSPS) is 9.90. The topological polar surface area (TPSA) is 20.2 Å². The van der Waals surface area contributed by atoms with Crippen molar-refractivity contribution in [3.05, 3.63) is 27.3 Å². The molecule has 0 saturated heterocycles. The van der Waals surface area contributed by atoms with Crippen LogP contribution in [0.4, 0.5) is 8.78 Å². The van der Waals surface area contributed by atoms with Crippen molar-refractivity contribution >= 4 is 22.6 Å². The highest BCUT2D eigenvalue weighted by molar-refractivity contribution is 14.1. The van der Waals surface area contributed by atoms with E-state index < -0.39 is 17.4 Å². The average molecular weight is 256 g/mol. The van der Waals surface area contributed by atoms with Crippen molar-refractivity contribution in [1.29, 1.82) is 0 Å². The molecule has 0 radical (unpaired) electrons. The number of halogens is 3. The van der Waals surface area contributed by atoms with Crippen LogP contribution in [0.15, 0.2) is 12.1 Å². The van der Waals surface area contributed by atoms with Gasteiger partial charge in [-0.15, -0.1) is 0 Å². The van der Waals surface area contributed by atoms with Crippen molar-refractivity contribution in [2.75, 3.05) is 0 Å². The molecule has 0 aromatic heterocycles. The van der Waals surface area contributed by atoms with E-state index in [0.717, 1.165) is 12.1 Å². The lowest BCUT2D eigenvalue weighted by molar-refractivity contribution is 0.395. The van der Waals surface area contributed by atoms with Crippen LogP contribution in [0.1, 0.15) is 0 Å². The summed E-state index contributed by atoms with van der Waals surface area (Å²) in [5, 5.41) is 8.58. The molecule has 1 aromatic carbocycles. The van der Waals surface area contributed by atoms with Gasteiger partial charge in [-0.2, -0.15) is 0 Å². The minimum Gasteiger partial charge on any atom is -0.503 e. The number of phenols is 1. The summed E-state index contributed by atoms with van der Waals surface area (Å²) >= 11 is 1.76. The van der Waals surface area contributed by atoms with Crippen molar-refractivity contribution in [2.45, 2.75) is 0 Å². The summed E-state index contributed by atoms with van der Waals surface area (Å²) in [5.41, 5.74) is 0. The summed E-state index contributed by atoms with van der Waals surface area (Å²) in [6, 6.07) is 2.11. The van der Waals surface area contributed by atoms with Gasteiger partial charge >= 0.3 is 0 Å². The molecule has 0 unspecified atom stereocenters. The first kappa shape index (κ1) is 7.71. The van der Waals surface area contributed by atoms with E-state index in [4.69, 9.17) is 5.11 Å². The molecule has 0 fully saturated rings. The molecule has 0 saturated carbocycles. The molecule has 0 aliphatic carbocycles. The molecule has 0 aliphatic heterocycles. The Morgan fingerprint density at radius 2 is 1.60 bits per heavy atom. The molecule has 0 heterocycles. The molecular formula is C6H3F2IO. The minimum atomic E-state index is -0.926. The number of hydrogen-bond acceptors (Lipinski definition) is 1. The summed E-state index contributed by atoms with van der Waals surface area (Å²) < 4.78 is 25.1. The molecule has 0 atom stereocenters. The third-order valence-electron chi connectivity index (χ3n) is 0.982. The zero-order chi connectivity index (χ0) is 7.72. The fourth-order valence-corrected chi connectivity index (χ4v) is 1.08. The summed E-state index contributed by atoms with van der Waals surface area (Å²) in [6.45, 7) is 0. The van der Waals surface area contributed by atoms with Crippen LogP contribution in [0, 0.1) is 15.2 Å². The number of phenolic OH excluding ortho intramolecular Hbond substituents is 1. The Bertz CT molecular complexity index is 239. The Balaban J connectivity index is 3.31. The molecule has 10 heavy (non-hydrogen) atoms. The van der Waals surface area contributed by atoms with E-state index in [1.54, 1.807) is 22.6 Å². The molecule has 0 spiro atoms. The molecule has 0 amide bonds. The highest BCUT2D eigenvalue weighted by Gasteiger charge is 2.06. The van der Waals surface area contributed by atoms with Crippen LogP contribution in [-0.2, 0) is 0 Å². The predicted molar refractivity (Wildman–Crippen MR) is 40.7 cm³/mol. The van der Waals surface area contributed by atoms with Gasteiger partial charge in [0.15, 0.2) is 17.4 Å². The van der Waals surface area contributed by atoms with Crippen LogP contribution in [0.3, 0.4) is 0 Å². The van der Waals surface area contributed by atoms with Gasteiger partial charge in [0.2, 0.25) is 0 Å².